The van der Waals surface area contributed by atoms with E-state index < -0.39 is 0 Å². The van der Waals surface area contributed by atoms with E-state index >= 15 is 0 Å². The maximum atomic E-state index is 5.71. The molecule has 0 aromatic rings. The molecule has 2 heteroatoms. The van der Waals surface area contributed by atoms with E-state index in [-0.39, 0.29) is 0 Å². The summed E-state index contributed by atoms with van der Waals surface area (Å²) in [6.07, 6.45) is 9.69. The Bertz CT molecular complexity index is 165. The molecule has 0 heterocycles. The minimum Gasteiger partial charge on any atom is -0.329 e. The van der Waals surface area contributed by atoms with Crippen molar-refractivity contribution in [3.8, 4) is 0 Å². The van der Waals surface area contributed by atoms with Crippen molar-refractivity contribution in [1.82, 2.24) is 5.32 Å². The van der Waals surface area contributed by atoms with E-state index in [0.29, 0.717) is 12.1 Å². The molecule has 0 spiro atoms. The molecule has 0 saturated heterocycles. The van der Waals surface area contributed by atoms with Gasteiger partial charge in [0, 0.05) is 18.6 Å². The Labute approximate surface area is 74.2 Å². The highest BCUT2D eigenvalue weighted by atomic mass is 15.0. The molecular weight excluding hydrogens is 148 g/mol. The van der Waals surface area contributed by atoms with Crippen LogP contribution in [0, 0.1) is 5.92 Å². The van der Waals surface area contributed by atoms with Crippen LogP contribution in [0.5, 0.6) is 0 Å². The minimum atomic E-state index is 0.592. The largest absolute Gasteiger partial charge is 0.329 e. The summed E-state index contributed by atoms with van der Waals surface area (Å²) in [5.41, 5.74) is 5.71. The van der Waals surface area contributed by atoms with Crippen LogP contribution in [0.1, 0.15) is 25.7 Å². The topological polar surface area (TPSA) is 38.0 Å². The fourth-order valence-corrected chi connectivity index (χ4v) is 1.95. The van der Waals surface area contributed by atoms with E-state index in [9.17, 15) is 0 Å². The monoisotopic (exact) mass is 166 g/mol. The second-order valence-electron chi connectivity index (χ2n) is 3.99. The molecule has 1 saturated carbocycles. The fourth-order valence-electron chi connectivity index (χ4n) is 1.95. The van der Waals surface area contributed by atoms with Crippen LogP contribution in [-0.2, 0) is 0 Å². The van der Waals surface area contributed by atoms with Crippen molar-refractivity contribution in [1.29, 1.82) is 0 Å². The molecule has 2 aliphatic rings. The lowest BCUT2D eigenvalue weighted by Crippen LogP contribution is -2.43. The number of nitrogens with one attached hydrogen (secondary N) is 1. The second-order valence-corrected chi connectivity index (χ2v) is 3.99. The van der Waals surface area contributed by atoms with Gasteiger partial charge in [0.15, 0.2) is 0 Å². The maximum Gasteiger partial charge on any atom is 0.0221 e. The van der Waals surface area contributed by atoms with E-state index in [4.69, 9.17) is 5.73 Å². The average molecular weight is 166 g/mol. The average Bonchev–Trinajstić information content (AvgIpc) is 2.80. The maximum absolute atomic E-state index is 5.71. The molecule has 1 atom stereocenters. The molecule has 12 heavy (non-hydrogen) atoms. The van der Waals surface area contributed by atoms with Crippen molar-refractivity contribution in [3.05, 3.63) is 12.2 Å². The van der Waals surface area contributed by atoms with Crippen molar-refractivity contribution in [3.63, 3.8) is 0 Å². The molecule has 3 N–H and O–H groups in total. The fraction of sp³-hybridized carbons (Fsp3) is 0.800. The third-order valence-electron chi connectivity index (χ3n) is 2.90. The van der Waals surface area contributed by atoms with Gasteiger partial charge in [-0.15, -0.1) is 0 Å². The standard InChI is InChI=1S/C10H18N2/c11-7-10(8-5-6-8)12-9-3-1-2-4-9/h1-2,8-10,12H,3-7,11H2. The first-order chi connectivity index (χ1) is 5.90. The molecule has 2 aliphatic carbocycles. The van der Waals surface area contributed by atoms with Gasteiger partial charge in [0.05, 0.1) is 0 Å². The van der Waals surface area contributed by atoms with Gasteiger partial charge in [0.1, 0.15) is 0 Å². The Morgan fingerprint density at radius 1 is 1.33 bits per heavy atom. The summed E-state index contributed by atoms with van der Waals surface area (Å²) in [4.78, 5) is 0. The Morgan fingerprint density at radius 3 is 2.50 bits per heavy atom. The van der Waals surface area contributed by atoms with Crippen LogP contribution in [-0.4, -0.2) is 18.6 Å². The molecule has 0 aliphatic heterocycles. The minimum absolute atomic E-state index is 0.592. The van der Waals surface area contributed by atoms with Gasteiger partial charge >= 0.3 is 0 Å². The lowest BCUT2D eigenvalue weighted by molar-refractivity contribution is 0.408. The van der Waals surface area contributed by atoms with Crippen LogP contribution >= 0.6 is 0 Å². The Kier molecular flexibility index (Phi) is 2.47. The smallest absolute Gasteiger partial charge is 0.0221 e. The lowest BCUT2D eigenvalue weighted by Gasteiger charge is -2.21. The van der Waals surface area contributed by atoms with Crippen LogP contribution in [0.15, 0.2) is 12.2 Å². The first-order valence-corrected chi connectivity index (χ1v) is 5.01. The van der Waals surface area contributed by atoms with Gasteiger partial charge < -0.3 is 11.1 Å². The number of rotatable bonds is 4. The summed E-state index contributed by atoms with van der Waals surface area (Å²) in [5.74, 6) is 0.885. The summed E-state index contributed by atoms with van der Waals surface area (Å²) in [6.45, 7) is 0.807. The zero-order valence-corrected chi connectivity index (χ0v) is 7.50. The highest BCUT2D eigenvalue weighted by Gasteiger charge is 2.31. The van der Waals surface area contributed by atoms with Gasteiger partial charge in [-0.3, -0.25) is 0 Å². The van der Waals surface area contributed by atoms with Crippen LogP contribution in [0.2, 0.25) is 0 Å². The predicted molar refractivity (Wildman–Crippen MR) is 50.9 cm³/mol. The molecule has 0 aromatic carbocycles. The number of hydrogen-bond donors (Lipinski definition) is 2. The number of hydrogen-bond acceptors (Lipinski definition) is 2. The predicted octanol–water partition coefficient (Wildman–Crippen LogP) is 1.03. The van der Waals surface area contributed by atoms with Crippen LogP contribution in [0.25, 0.3) is 0 Å². The quantitative estimate of drug-likeness (QED) is 0.612. The molecule has 2 nitrogen and oxygen atoms in total. The van der Waals surface area contributed by atoms with Gasteiger partial charge in [-0.25, -0.2) is 0 Å². The van der Waals surface area contributed by atoms with Gasteiger partial charge in [-0.05, 0) is 31.6 Å². The molecule has 2 rings (SSSR count). The lowest BCUT2D eigenvalue weighted by atomic mass is 10.1. The van der Waals surface area contributed by atoms with Gasteiger partial charge in [-0.2, -0.15) is 0 Å². The SMILES string of the molecule is NCC(NC1CC=CC1)C1CC1. The molecule has 0 bridgehead atoms. The van der Waals surface area contributed by atoms with E-state index in [0.717, 1.165) is 12.5 Å². The normalized spacial score (nSPS) is 26.4. The van der Waals surface area contributed by atoms with Crippen molar-refractivity contribution < 1.29 is 0 Å². The zero-order chi connectivity index (χ0) is 8.39. The van der Waals surface area contributed by atoms with E-state index in [1.165, 1.54) is 25.7 Å². The van der Waals surface area contributed by atoms with Crippen molar-refractivity contribution in [2.75, 3.05) is 6.54 Å². The van der Waals surface area contributed by atoms with Gasteiger partial charge in [0.25, 0.3) is 0 Å². The molecule has 0 radical (unpaired) electrons. The molecule has 1 fully saturated rings. The zero-order valence-electron chi connectivity index (χ0n) is 7.50. The first-order valence-electron chi connectivity index (χ1n) is 5.01. The van der Waals surface area contributed by atoms with Crippen molar-refractivity contribution in [2.45, 2.75) is 37.8 Å². The van der Waals surface area contributed by atoms with Gasteiger partial charge in [0.2, 0.25) is 0 Å². The van der Waals surface area contributed by atoms with Gasteiger partial charge in [-0.1, -0.05) is 12.2 Å². The van der Waals surface area contributed by atoms with Crippen LogP contribution in [0.4, 0.5) is 0 Å². The molecule has 68 valence electrons. The first kappa shape index (κ1) is 8.27. The summed E-state index contributed by atoms with van der Waals surface area (Å²) >= 11 is 0. The summed E-state index contributed by atoms with van der Waals surface area (Å²) < 4.78 is 0. The summed E-state index contributed by atoms with van der Waals surface area (Å²) in [6, 6.07) is 1.27. The Balaban J connectivity index is 1.75. The summed E-state index contributed by atoms with van der Waals surface area (Å²) in [5, 5.41) is 3.64. The third-order valence-corrected chi connectivity index (χ3v) is 2.90. The molecule has 1 unspecified atom stereocenters. The summed E-state index contributed by atoms with van der Waals surface area (Å²) in [7, 11) is 0. The van der Waals surface area contributed by atoms with Crippen LogP contribution < -0.4 is 11.1 Å². The highest BCUT2D eigenvalue weighted by molar-refractivity contribution is 5.00. The molecular formula is C10H18N2. The van der Waals surface area contributed by atoms with Crippen LogP contribution in [0.3, 0.4) is 0 Å². The highest BCUT2D eigenvalue weighted by Crippen LogP contribution is 2.32. The van der Waals surface area contributed by atoms with E-state index in [2.05, 4.69) is 17.5 Å². The Hall–Kier alpha value is -0.340. The molecule has 0 aromatic heterocycles. The second kappa shape index (κ2) is 3.58. The Morgan fingerprint density at radius 2 is 2.00 bits per heavy atom. The van der Waals surface area contributed by atoms with Crippen molar-refractivity contribution >= 4 is 0 Å². The third kappa shape index (κ3) is 1.87. The van der Waals surface area contributed by atoms with E-state index in [1.807, 2.05) is 0 Å². The molecule has 0 amide bonds. The van der Waals surface area contributed by atoms with E-state index in [1.54, 1.807) is 0 Å². The number of nitrogens with two attached hydrogens (primary N) is 1. The van der Waals surface area contributed by atoms with Crippen molar-refractivity contribution in [2.24, 2.45) is 11.7 Å².